The van der Waals surface area contributed by atoms with Gasteiger partial charge in [0.1, 0.15) is 5.56 Å². The maximum atomic E-state index is 12.4. The van der Waals surface area contributed by atoms with Gasteiger partial charge < -0.3 is 14.5 Å². The summed E-state index contributed by atoms with van der Waals surface area (Å²) in [6, 6.07) is 7.64. The first-order valence-corrected chi connectivity index (χ1v) is 9.05. The Morgan fingerprint density at radius 2 is 2.04 bits per heavy atom. The number of aromatic amines is 1. The molecule has 0 fully saturated rings. The molecule has 0 amide bonds. The highest BCUT2D eigenvalue weighted by Crippen LogP contribution is 2.38. The van der Waals surface area contributed by atoms with Crippen molar-refractivity contribution in [2.24, 2.45) is 0 Å². The van der Waals surface area contributed by atoms with E-state index < -0.39 is 17.9 Å². The molecular formula is C18H17NO5S. The van der Waals surface area contributed by atoms with Crippen LogP contribution in [0.1, 0.15) is 40.7 Å². The largest absolute Gasteiger partial charge is 0.462 e. The lowest BCUT2D eigenvalue weighted by molar-refractivity contribution is -0.135. The number of ether oxygens (including phenoxy) is 2. The van der Waals surface area contributed by atoms with Gasteiger partial charge in [0.15, 0.2) is 5.75 Å². The zero-order valence-electron chi connectivity index (χ0n) is 13.8. The maximum Gasteiger partial charge on any atom is 0.343 e. The second kappa shape index (κ2) is 7.14. The summed E-state index contributed by atoms with van der Waals surface area (Å²) in [7, 11) is 0. The van der Waals surface area contributed by atoms with E-state index in [1.54, 1.807) is 18.7 Å². The van der Waals surface area contributed by atoms with Gasteiger partial charge in [0.05, 0.1) is 18.6 Å². The van der Waals surface area contributed by atoms with E-state index in [2.05, 4.69) is 4.98 Å². The standard InChI is InChI=1S/C18H17NO5S/c1-3-23-18(22)13-9-19-17(21)15-12(8-14(20)24-16(13)15)10-4-6-11(25-2)7-5-10/h4-7,9,12H,3,8H2,1-2H3,(H,19,21). The fourth-order valence-corrected chi connectivity index (χ4v) is 3.27. The molecule has 0 spiro atoms. The monoisotopic (exact) mass is 359 g/mol. The molecule has 1 aromatic carbocycles. The Balaban J connectivity index is 2.13. The van der Waals surface area contributed by atoms with Crippen LogP contribution in [0.5, 0.6) is 5.75 Å². The summed E-state index contributed by atoms with van der Waals surface area (Å²) in [5.74, 6) is -1.59. The molecule has 1 aliphatic heterocycles. The molecule has 25 heavy (non-hydrogen) atoms. The van der Waals surface area contributed by atoms with Crippen molar-refractivity contribution in [2.45, 2.75) is 24.2 Å². The van der Waals surface area contributed by atoms with Crippen LogP contribution in [0.3, 0.4) is 0 Å². The van der Waals surface area contributed by atoms with Gasteiger partial charge in [-0.3, -0.25) is 9.59 Å². The zero-order chi connectivity index (χ0) is 18.0. The molecule has 6 nitrogen and oxygen atoms in total. The van der Waals surface area contributed by atoms with Crippen LogP contribution in [-0.2, 0) is 9.53 Å². The van der Waals surface area contributed by atoms with Crippen molar-refractivity contribution in [1.82, 2.24) is 4.98 Å². The number of thioether (sulfide) groups is 1. The highest BCUT2D eigenvalue weighted by atomic mass is 32.2. The highest BCUT2D eigenvalue weighted by molar-refractivity contribution is 7.98. The summed E-state index contributed by atoms with van der Waals surface area (Å²) in [6.45, 7) is 1.86. The average molecular weight is 359 g/mol. The van der Waals surface area contributed by atoms with Gasteiger partial charge >= 0.3 is 11.9 Å². The first kappa shape index (κ1) is 17.3. The smallest absolute Gasteiger partial charge is 0.343 e. The lowest BCUT2D eigenvalue weighted by atomic mass is 9.86. The van der Waals surface area contributed by atoms with Gasteiger partial charge in [0, 0.05) is 17.0 Å². The Morgan fingerprint density at radius 1 is 1.32 bits per heavy atom. The molecule has 130 valence electrons. The summed E-state index contributed by atoms with van der Waals surface area (Å²) in [6.07, 6.45) is 3.24. The van der Waals surface area contributed by atoms with Crippen LogP contribution >= 0.6 is 11.8 Å². The van der Waals surface area contributed by atoms with E-state index in [9.17, 15) is 14.4 Å². The number of H-pyrrole nitrogens is 1. The minimum atomic E-state index is -0.638. The van der Waals surface area contributed by atoms with E-state index in [1.807, 2.05) is 30.5 Å². The lowest BCUT2D eigenvalue weighted by Crippen LogP contribution is -2.30. The van der Waals surface area contributed by atoms with Gasteiger partial charge in [0.25, 0.3) is 5.56 Å². The Bertz CT molecular complexity index is 872. The fourth-order valence-electron chi connectivity index (χ4n) is 2.86. The molecule has 0 saturated heterocycles. The predicted molar refractivity (Wildman–Crippen MR) is 93.3 cm³/mol. The summed E-state index contributed by atoms with van der Waals surface area (Å²) in [4.78, 5) is 40.2. The molecule has 7 heteroatoms. The van der Waals surface area contributed by atoms with Gasteiger partial charge in [-0.15, -0.1) is 11.8 Å². The molecule has 0 saturated carbocycles. The highest BCUT2D eigenvalue weighted by Gasteiger charge is 2.34. The summed E-state index contributed by atoms with van der Waals surface area (Å²) < 4.78 is 10.2. The third-order valence-corrected chi connectivity index (χ3v) is 4.77. The molecule has 2 heterocycles. The van der Waals surface area contributed by atoms with E-state index in [1.165, 1.54) is 6.20 Å². The Morgan fingerprint density at radius 3 is 2.68 bits per heavy atom. The minimum Gasteiger partial charge on any atom is -0.462 e. The number of carbonyl (C=O) groups is 2. The number of carbonyl (C=O) groups excluding carboxylic acids is 2. The number of hydrogen-bond donors (Lipinski definition) is 1. The third-order valence-electron chi connectivity index (χ3n) is 4.03. The number of hydrogen-bond acceptors (Lipinski definition) is 6. The van der Waals surface area contributed by atoms with Gasteiger partial charge in [-0.1, -0.05) is 12.1 Å². The number of fused-ring (bicyclic) bond motifs is 1. The van der Waals surface area contributed by atoms with Crippen LogP contribution in [0, 0.1) is 0 Å². The molecule has 1 aromatic heterocycles. The van der Waals surface area contributed by atoms with Crippen molar-refractivity contribution < 1.29 is 19.1 Å². The summed E-state index contributed by atoms with van der Waals surface area (Å²) in [5, 5.41) is 0. The summed E-state index contributed by atoms with van der Waals surface area (Å²) in [5.41, 5.74) is 0.772. The van der Waals surface area contributed by atoms with Crippen LogP contribution in [-0.4, -0.2) is 29.8 Å². The molecule has 0 radical (unpaired) electrons. The molecule has 1 N–H and O–H groups in total. The quantitative estimate of drug-likeness (QED) is 0.667. The minimum absolute atomic E-state index is 0.00241. The second-order valence-electron chi connectivity index (χ2n) is 5.50. The number of benzene rings is 1. The van der Waals surface area contributed by atoms with Crippen LogP contribution in [0.2, 0.25) is 0 Å². The predicted octanol–water partition coefficient (Wildman–Crippen LogP) is 2.71. The molecule has 0 bridgehead atoms. The van der Waals surface area contributed by atoms with Gasteiger partial charge in [0.2, 0.25) is 0 Å². The van der Waals surface area contributed by atoms with Crippen molar-refractivity contribution >= 4 is 23.7 Å². The molecule has 1 atom stereocenters. The first-order chi connectivity index (χ1) is 12.0. The molecule has 3 rings (SSSR count). The zero-order valence-corrected chi connectivity index (χ0v) is 14.6. The second-order valence-corrected chi connectivity index (χ2v) is 6.38. The van der Waals surface area contributed by atoms with Crippen LogP contribution in [0.15, 0.2) is 40.2 Å². The molecule has 0 aliphatic carbocycles. The van der Waals surface area contributed by atoms with Crippen LogP contribution < -0.4 is 10.3 Å². The number of esters is 2. The van der Waals surface area contributed by atoms with Gasteiger partial charge in [-0.05, 0) is 30.9 Å². The molecular weight excluding hydrogens is 342 g/mol. The number of nitrogens with one attached hydrogen (secondary N) is 1. The van der Waals surface area contributed by atoms with Crippen molar-refractivity contribution in [1.29, 1.82) is 0 Å². The van der Waals surface area contributed by atoms with E-state index in [4.69, 9.17) is 9.47 Å². The van der Waals surface area contributed by atoms with Gasteiger partial charge in [-0.25, -0.2) is 4.79 Å². The molecule has 2 aromatic rings. The van der Waals surface area contributed by atoms with Crippen LogP contribution in [0.25, 0.3) is 0 Å². The van der Waals surface area contributed by atoms with Crippen LogP contribution in [0.4, 0.5) is 0 Å². The Kier molecular flexibility index (Phi) is 4.94. The van der Waals surface area contributed by atoms with E-state index in [0.29, 0.717) is 0 Å². The Hall–Kier alpha value is -2.54. The van der Waals surface area contributed by atoms with Crippen molar-refractivity contribution in [3.05, 3.63) is 57.5 Å². The van der Waals surface area contributed by atoms with Crippen molar-refractivity contribution in [2.75, 3.05) is 12.9 Å². The normalized spacial score (nSPS) is 16.1. The van der Waals surface area contributed by atoms with Crippen molar-refractivity contribution in [3.8, 4) is 5.75 Å². The van der Waals surface area contributed by atoms with E-state index >= 15 is 0 Å². The molecule has 1 unspecified atom stereocenters. The number of pyridine rings is 1. The topological polar surface area (TPSA) is 85.5 Å². The number of rotatable bonds is 4. The van der Waals surface area contributed by atoms with E-state index in [-0.39, 0.29) is 35.5 Å². The first-order valence-electron chi connectivity index (χ1n) is 7.82. The lowest BCUT2D eigenvalue weighted by Gasteiger charge is -2.25. The van der Waals surface area contributed by atoms with E-state index in [0.717, 1.165) is 10.5 Å². The molecule has 1 aliphatic rings. The third kappa shape index (κ3) is 3.32. The van der Waals surface area contributed by atoms with Gasteiger partial charge in [-0.2, -0.15) is 0 Å². The van der Waals surface area contributed by atoms with Crippen molar-refractivity contribution in [3.63, 3.8) is 0 Å². The number of aromatic nitrogens is 1. The maximum absolute atomic E-state index is 12.4. The average Bonchev–Trinajstić information content (AvgIpc) is 2.61. The summed E-state index contributed by atoms with van der Waals surface area (Å²) >= 11 is 1.60. The SMILES string of the molecule is CCOC(=O)c1c[nH]c(=O)c2c1OC(=O)CC2c1ccc(SC)cc1. The Labute approximate surface area is 148 Å². The fraction of sp³-hybridized carbons (Fsp3) is 0.278.